The second kappa shape index (κ2) is 5.19. The van der Waals surface area contributed by atoms with Gasteiger partial charge < -0.3 is 0 Å². The van der Waals surface area contributed by atoms with Gasteiger partial charge in [-0.05, 0) is 18.2 Å². The zero-order valence-electron chi connectivity index (χ0n) is 10.0. The summed E-state index contributed by atoms with van der Waals surface area (Å²) in [5, 5.41) is 12.2. The van der Waals surface area contributed by atoms with Gasteiger partial charge in [0.2, 0.25) is 5.16 Å². The van der Waals surface area contributed by atoms with E-state index in [2.05, 4.69) is 15.3 Å². The van der Waals surface area contributed by atoms with Crippen LogP contribution in [-0.2, 0) is 0 Å². The number of fused-ring (bicyclic) bond motifs is 1. The van der Waals surface area contributed by atoms with Crippen LogP contribution in [0.2, 0.25) is 10.0 Å². The minimum absolute atomic E-state index is 0.139. The van der Waals surface area contributed by atoms with Crippen LogP contribution in [0.3, 0.4) is 0 Å². The van der Waals surface area contributed by atoms with E-state index in [1.165, 1.54) is 6.07 Å². The van der Waals surface area contributed by atoms with Crippen molar-refractivity contribution in [3.8, 4) is 11.4 Å². The zero-order valence-corrected chi connectivity index (χ0v) is 12.4. The Kier molecular flexibility index (Phi) is 3.62. The van der Waals surface area contributed by atoms with Crippen LogP contribution in [-0.4, -0.2) is 32.5 Å². The summed E-state index contributed by atoms with van der Waals surface area (Å²) in [5.74, 6) is -0.156. The Morgan fingerprint density at radius 3 is 2.62 bits per heavy atom. The number of nitrogens with zero attached hydrogens (tertiary/aromatic N) is 4. The summed E-state index contributed by atoms with van der Waals surface area (Å²) in [4.78, 5) is 0. The summed E-state index contributed by atoms with van der Waals surface area (Å²) in [7, 11) is 0. The van der Waals surface area contributed by atoms with Gasteiger partial charge >= 0.3 is 6.18 Å². The Labute approximate surface area is 130 Å². The molecule has 1 aromatic carbocycles. The second-order valence-electron chi connectivity index (χ2n) is 4.08. The lowest BCUT2D eigenvalue weighted by Crippen LogP contribution is -2.28. The van der Waals surface area contributed by atoms with E-state index in [-0.39, 0.29) is 21.8 Å². The number of hydrogen-bond acceptors (Lipinski definition) is 4. The van der Waals surface area contributed by atoms with Crippen molar-refractivity contribution in [2.75, 3.05) is 5.75 Å². The Morgan fingerprint density at radius 1 is 1.19 bits per heavy atom. The molecule has 2 heterocycles. The maximum atomic E-state index is 12.8. The van der Waals surface area contributed by atoms with Crippen molar-refractivity contribution in [1.82, 2.24) is 14.9 Å². The van der Waals surface area contributed by atoms with Gasteiger partial charge in [0.15, 0.2) is 11.5 Å². The highest BCUT2D eigenvalue weighted by Crippen LogP contribution is 2.34. The molecule has 3 rings (SSSR count). The highest BCUT2D eigenvalue weighted by atomic mass is 35.5. The van der Waals surface area contributed by atoms with E-state index < -0.39 is 11.9 Å². The summed E-state index contributed by atoms with van der Waals surface area (Å²) < 4.78 is 39.3. The predicted octanol–water partition coefficient (Wildman–Crippen LogP) is 4.12. The van der Waals surface area contributed by atoms with Crippen molar-refractivity contribution in [3.05, 3.63) is 28.2 Å². The normalized spacial score (nSPS) is 14.8. The van der Waals surface area contributed by atoms with Crippen molar-refractivity contribution in [3.63, 3.8) is 0 Å². The number of benzene rings is 1. The van der Waals surface area contributed by atoms with E-state index in [0.717, 1.165) is 16.4 Å². The van der Waals surface area contributed by atoms with Crippen LogP contribution in [0.4, 0.5) is 13.2 Å². The van der Waals surface area contributed by atoms with Crippen LogP contribution in [0.1, 0.15) is 0 Å². The van der Waals surface area contributed by atoms with Crippen LogP contribution in [0.15, 0.2) is 28.5 Å². The third-order valence-electron chi connectivity index (χ3n) is 2.67. The molecule has 0 amide bonds. The molecule has 4 nitrogen and oxygen atoms in total. The first-order chi connectivity index (χ1) is 9.86. The smallest absolute Gasteiger partial charge is 0.186 e. The minimum atomic E-state index is -4.49. The Bertz CT molecular complexity index is 742. The molecular weight excluding hydrogens is 348 g/mol. The van der Waals surface area contributed by atoms with Gasteiger partial charge in [-0.3, -0.25) is 0 Å². The minimum Gasteiger partial charge on any atom is -0.186 e. The van der Waals surface area contributed by atoms with Gasteiger partial charge in [-0.25, -0.2) is 0 Å². The van der Waals surface area contributed by atoms with E-state index in [4.69, 9.17) is 23.2 Å². The van der Waals surface area contributed by atoms with E-state index in [1.54, 1.807) is 12.1 Å². The monoisotopic (exact) mass is 352 g/mol. The summed E-state index contributed by atoms with van der Waals surface area (Å²) in [6.45, 7) is 0. The number of hydrogen-bond donors (Lipinski definition) is 0. The number of halogens is 5. The largest absolute Gasteiger partial charge is 0.432 e. The predicted molar refractivity (Wildman–Crippen MR) is 75.1 cm³/mol. The summed E-state index contributed by atoms with van der Waals surface area (Å²) in [6.07, 6.45) is -4.49. The molecule has 1 aliphatic rings. The molecule has 0 bridgehead atoms. The second-order valence-corrected chi connectivity index (χ2v) is 5.86. The number of alkyl halides is 3. The van der Waals surface area contributed by atoms with E-state index in [9.17, 15) is 13.2 Å². The van der Waals surface area contributed by atoms with Crippen LogP contribution in [0, 0.1) is 0 Å². The van der Waals surface area contributed by atoms with Crippen LogP contribution in [0.5, 0.6) is 0 Å². The summed E-state index contributed by atoms with van der Waals surface area (Å²) in [5.41, 5.74) is -0.487. The Balaban J connectivity index is 2.13. The highest BCUT2D eigenvalue weighted by Gasteiger charge is 2.38. The van der Waals surface area contributed by atoms with Crippen LogP contribution in [0.25, 0.3) is 11.4 Å². The van der Waals surface area contributed by atoms with E-state index in [1.807, 2.05) is 0 Å². The molecule has 0 radical (unpaired) electrons. The fraction of sp³-hybridized carbons (Fsp3) is 0.182. The number of rotatable bonds is 1. The van der Waals surface area contributed by atoms with Crippen molar-refractivity contribution in [2.24, 2.45) is 5.10 Å². The molecule has 1 aliphatic heterocycles. The molecule has 0 aliphatic carbocycles. The summed E-state index contributed by atoms with van der Waals surface area (Å²) >= 11 is 12.8. The third kappa shape index (κ3) is 2.75. The van der Waals surface area contributed by atoms with Gasteiger partial charge in [-0.1, -0.05) is 35.0 Å². The average molecular weight is 353 g/mol. The third-order valence-corrected chi connectivity index (χ3v) is 4.15. The first-order valence-electron chi connectivity index (χ1n) is 5.55. The van der Waals surface area contributed by atoms with Crippen molar-refractivity contribution in [1.29, 1.82) is 0 Å². The Hall–Kier alpha value is -1.25. The Morgan fingerprint density at radius 2 is 1.95 bits per heavy atom. The van der Waals surface area contributed by atoms with Gasteiger partial charge in [0.05, 0.1) is 10.8 Å². The maximum absolute atomic E-state index is 12.8. The molecule has 10 heteroatoms. The zero-order chi connectivity index (χ0) is 15.2. The lowest BCUT2D eigenvalue weighted by Gasteiger charge is -2.15. The fourth-order valence-corrected chi connectivity index (χ4v) is 3.03. The molecule has 0 N–H and O–H groups in total. The first kappa shape index (κ1) is 14.7. The highest BCUT2D eigenvalue weighted by molar-refractivity contribution is 7.99. The fourth-order valence-electron chi connectivity index (χ4n) is 1.71. The van der Waals surface area contributed by atoms with Crippen molar-refractivity contribution < 1.29 is 13.2 Å². The van der Waals surface area contributed by atoms with Crippen LogP contribution < -0.4 is 0 Å². The lowest BCUT2D eigenvalue weighted by atomic mass is 10.2. The molecule has 1 aromatic heterocycles. The topological polar surface area (TPSA) is 43.1 Å². The first-order valence-corrected chi connectivity index (χ1v) is 7.29. The summed E-state index contributed by atoms with van der Waals surface area (Å²) in [6, 6.07) is 4.60. The molecule has 110 valence electrons. The van der Waals surface area contributed by atoms with Crippen LogP contribution >= 0.6 is 35.0 Å². The number of aromatic nitrogens is 3. The molecule has 0 spiro atoms. The van der Waals surface area contributed by atoms with Gasteiger partial charge in [0.1, 0.15) is 0 Å². The quantitative estimate of drug-likeness (QED) is 0.775. The lowest BCUT2D eigenvalue weighted by molar-refractivity contribution is -0.0595. The van der Waals surface area contributed by atoms with Crippen molar-refractivity contribution >= 4 is 40.7 Å². The van der Waals surface area contributed by atoms with E-state index >= 15 is 0 Å². The van der Waals surface area contributed by atoms with Gasteiger partial charge in [0, 0.05) is 10.6 Å². The van der Waals surface area contributed by atoms with Gasteiger partial charge in [0.25, 0.3) is 0 Å². The SMILES string of the molecule is FC(F)(F)C1=Nn2c(nnc2-c2ccc(Cl)cc2Cl)SC1. The molecule has 0 unspecified atom stereocenters. The molecule has 0 saturated carbocycles. The number of thioether (sulfide) groups is 1. The molecule has 2 aromatic rings. The molecule has 21 heavy (non-hydrogen) atoms. The standard InChI is InChI=1S/C11H5Cl2F3N4S/c12-5-1-2-6(7(13)3-5)9-17-18-10-20(9)19-8(4-21-10)11(14,15)16/h1-3H,4H2. The average Bonchev–Trinajstić information content (AvgIpc) is 2.80. The molecule has 0 atom stereocenters. The van der Waals surface area contributed by atoms with Gasteiger partial charge in [-0.15, -0.1) is 10.2 Å². The van der Waals surface area contributed by atoms with Gasteiger partial charge in [-0.2, -0.15) is 22.9 Å². The molecule has 0 saturated heterocycles. The van der Waals surface area contributed by atoms with E-state index in [0.29, 0.717) is 10.6 Å². The molecule has 0 fully saturated rings. The van der Waals surface area contributed by atoms with Crippen molar-refractivity contribution in [2.45, 2.75) is 11.3 Å². The molecular formula is C11H5Cl2F3N4S. The maximum Gasteiger partial charge on any atom is 0.432 e.